The number of halogens is 5. The minimum Gasteiger partial charge on any atom is -0.396 e. The molecule has 11 heteroatoms. The molecule has 6 nitrogen and oxygen atoms in total. The van der Waals surface area contributed by atoms with Crippen molar-refractivity contribution in [1.82, 2.24) is 14.5 Å². The first kappa shape index (κ1) is 20.3. The molecule has 1 aliphatic heterocycles. The van der Waals surface area contributed by atoms with Crippen LogP contribution in [0, 0.1) is 5.92 Å². The first-order valence-corrected chi connectivity index (χ1v) is 9.38. The molecule has 2 heterocycles. The Hall–Kier alpha value is -2.01. The maximum atomic E-state index is 15.3. The third-order valence-electron chi connectivity index (χ3n) is 6.08. The van der Waals surface area contributed by atoms with Crippen molar-refractivity contribution < 1.29 is 27.1 Å². The molecule has 1 aromatic heterocycles. The van der Waals surface area contributed by atoms with Crippen molar-refractivity contribution in [2.75, 3.05) is 19.7 Å². The van der Waals surface area contributed by atoms with Crippen LogP contribution in [-0.2, 0) is 0 Å². The van der Waals surface area contributed by atoms with E-state index >= 15 is 4.39 Å². The summed E-state index contributed by atoms with van der Waals surface area (Å²) in [5, 5.41) is 9.22. The lowest BCUT2D eigenvalue weighted by Crippen LogP contribution is -2.46. The number of aromatic amines is 1. The summed E-state index contributed by atoms with van der Waals surface area (Å²) in [6.45, 7) is -0.702. The molecule has 3 unspecified atom stereocenters. The SMILES string of the molecule is CC1c2c(c(=O)[nH]c(=O)n2C2CC2)C(C(F)F)=C(F)C1N1CC(CO)C(F)(F)C1. The van der Waals surface area contributed by atoms with Gasteiger partial charge in [0, 0.05) is 24.2 Å². The summed E-state index contributed by atoms with van der Waals surface area (Å²) in [6.07, 6.45) is -2.17. The van der Waals surface area contributed by atoms with Crippen molar-refractivity contribution >= 4 is 5.57 Å². The van der Waals surface area contributed by atoms with E-state index in [1.807, 2.05) is 4.98 Å². The molecule has 0 radical (unpaired) electrons. The monoisotopic (exact) mass is 421 g/mol. The second kappa shape index (κ2) is 6.76. The highest BCUT2D eigenvalue weighted by molar-refractivity contribution is 5.74. The minimum absolute atomic E-state index is 0.0429. The average Bonchev–Trinajstić information content (AvgIpc) is 3.39. The summed E-state index contributed by atoms with van der Waals surface area (Å²) in [6, 6.07) is -1.79. The van der Waals surface area contributed by atoms with Gasteiger partial charge < -0.3 is 5.11 Å². The number of aliphatic hydroxyl groups is 1. The third kappa shape index (κ3) is 3.05. The Kier molecular flexibility index (Phi) is 4.73. The number of rotatable bonds is 4. The van der Waals surface area contributed by atoms with Crippen molar-refractivity contribution in [2.45, 2.75) is 50.1 Å². The van der Waals surface area contributed by atoms with Crippen LogP contribution in [0.15, 0.2) is 15.4 Å². The number of hydrogen-bond acceptors (Lipinski definition) is 4. The van der Waals surface area contributed by atoms with Gasteiger partial charge in [0.15, 0.2) is 0 Å². The molecule has 2 aliphatic carbocycles. The Balaban J connectivity index is 1.92. The van der Waals surface area contributed by atoms with Crippen LogP contribution in [0.25, 0.3) is 5.57 Å². The van der Waals surface area contributed by atoms with E-state index in [0.29, 0.717) is 12.8 Å². The van der Waals surface area contributed by atoms with Gasteiger partial charge in [0.2, 0.25) is 0 Å². The summed E-state index contributed by atoms with van der Waals surface area (Å²) >= 11 is 0. The quantitative estimate of drug-likeness (QED) is 0.728. The molecule has 3 atom stereocenters. The van der Waals surface area contributed by atoms with Gasteiger partial charge in [-0.15, -0.1) is 0 Å². The van der Waals surface area contributed by atoms with Crippen molar-refractivity contribution in [3.05, 3.63) is 37.9 Å². The topological polar surface area (TPSA) is 78.3 Å². The molecule has 1 saturated heterocycles. The van der Waals surface area contributed by atoms with Gasteiger partial charge in [-0.1, -0.05) is 6.92 Å². The maximum Gasteiger partial charge on any atom is 0.328 e. The molecular formula is C18H20F5N3O3. The highest BCUT2D eigenvalue weighted by Gasteiger charge is 2.53. The fraction of sp³-hybridized carbons (Fsp3) is 0.667. The number of alkyl halides is 4. The van der Waals surface area contributed by atoms with Gasteiger partial charge in [0.1, 0.15) is 5.83 Å². The standard InChI is InChI=1S/C18H20F5N3O3/c1-7-13-11(16(28)24-17(29)26(13)9-2-3-9)10(15(20)21)12(19)14(7)25-4-8(5-27)18(22,23)6-25/h7-9,14-15,27H,2-6H2,1H3,(H,24,28,29). The summed E-state index contributed by atoms with van der Waals surface area (Å²) in [7, 11) is 0. The number of aromatic nitrogens is 2. The van der Waals surface area contributed by atoms with Gasteiger partial charge in [0.25, 0.3) is 17.9 Å². The van der Waals surface area contributed by atoms with E-state index in [4.69, 9.17) is 0 Å². The highest BCUT2D eigenvalue weighted by Crippen LogP contribution is 2.47. The lowest BCUT2D eigenvalue weighted by Gasteiger charge is -2.38. The van der Waals surface area contributed by atoms with Crippen molar-refractivity contribution in [3.8, 4) is 0 Å². The van der Waals surface area contributed by atoms with E-state index in [1.165, 1.54) is 11.5 Å². The molecule has 160 valence electrons. The first-order chi connectivity index (χ1) is 13.6. The van der Waals surface area contributed by atoms with Gasteiger partial charge in [-0.2, -0.15) is 0 Å². The van der Waals surface area contributed by atoms with E-state index in [-0.39, 0.29) is 11.7 Å². The second-order valence-corrected chi connectivity index (χ2v) is 7.99. The van der Waals surface area contributed by atoms with Crippen LogP contribution in [0.2, 0.25) is 0 Å². The first-order valence-electron chi connectivity index (χ1n) is 9.38. The number of H-pyrrole nitrogens is 1. The number of allylic oxidation sites excluding steroid dienone is 1. The van der Waals surface area contributed by atoms with Crippen LogP contribution >= 0.6 is 0 Å². The van der Waals surface area contributed by atoms with Crippen LogP contribution < -0.4 is 11.2 Å². The molecule has 2 fully saturated rings. The summed E-state index contributed by atoms with van der Waals surface area (Å²) in [4.78, 5) is 27.7. The molecule has 1 saturated carbocycles. The van der Waals surface area contributed by atoms with Gasteiger partial charge in [-0.3, -0.25) is 19.2 Å². The number of likely N-dealkylation sites (tertiary alicyclic amines) is 1. The lowest BCUT2D eigenvalue weighted by molar-refractivity contribution is -0.0445. The molecule has 1 aromatic rings. The third-order valence-corrected chi connectivity index (χ3v) is 6.08. The van der Waals surface area contributed by atoms with Crippen LogP contribution in [0.4, 0.5) is 22.0 Å². The molecule has 0 spiro atoms. The predicted molar refractivity (Wildman–Crippen MR) is 92.9 cm³/mol. The van der Waals surface area contributed by atoms with Crippen LogP contribution in [0.5, 0.6) is 0 Å². The Bertz CT molecular complexity index is 982. The molecule has 3 aliphatic rings. The van der Waals surface area contributed by atoms with E-state index in [1.54, 1.807) is 0 Å². The normalized spacial score (nSPS) is 29.6. The number of nitrogens with zero attached hydrogens (tertiary/aromatic N) is 2. The zero-order valence-electron chi connectivity index (χ0n) is 15.5. The number of nitrogens with one attached hydrogen (secondary N) is 1. The lowest BCUT2D eigenvalue weighted by atomic mass is 9.82. The Morgan fingerprint density at radius 3 is 2.45 bits per heavy atom. The fourth-order valence-corrected chi connectivity index (χ4v) is 4.59. The fourth-order valence-electron chi connectivity index (χ4n) is 4.59. The van der Waals surface area contributed by atoms with Gasteiger partial charge in [-0.05, 0) is 12.8 Å². The smallest absolute Gasteiger partial charge is 0.328 e. The van der Waals surface area contributed by atoms with Crippen molar-refractivity contribution in [3.63, 3.8) is 0 Å². The minimum atomic E-state index is -3.37. The summed E-state index contributed by atoms with van der Waals surface area (Å²) in [5.74, 6) is -7.11. The van der Waals surface area contributed by atoms with E-state index in [2.05, 4.69) is 0 Å². The number of fused-ring (bicyclic) bond motifs is 1. The van der Waals surface area contributed by atoms with Gasteiger partial charge in [0.05, 0.1) is 36.2 Å². The largest absolute Gasteiger partial charge is 0.396 e. The Morgan fingerprint density at radius 2 is 1.93 bits per heavy atom. The summed E-state index contributed by atoms with van der Waals surface area (Å²) in [5.41, 5.74) is -3.68. The van der Waals surface area contributed by atoms with E-state index in [9.17, 15) is 32.3 Å². The zero-order valence-corrected chi connectivity index (χ0v) is 15.5. The number of hydrogen-bond donors (Lipinski definition) is 2. The van der Waals surface area contributed by atoms with Crippen LogP contribution in [0.1, 0.15) is 43.0 Å². The Labute approximate surface area is 161 Å². The second-order valence-electron chi connectivity index (χ2n) is 7.99. The molecular weight excluding hydrogens is 401 g/mol. The predicted octanol–water partition coefficient (Wildman–Crippen LogP) is 1.86. The highest BCUT2D eigenvalue weighted by atomic mass is 19.3. The van der Waals surface area contributed by atoms with E-state index < -0.39 is 78.1 Å². The maximum absolute atomic E-state index is 15.3. The summed E-state index contributed by atoms with van der Waals surface area (Å²) < 4.78 is 72.4. The van der Waals surface area contributed by atoms with Crippen LogP contribution in [-0.4, -0.2) is 57.6 Å². The zero-order chi connectivity index (χ0) is 21.2. The molecule has 29 heavy (non-hydrogen) atoms. The van der Waals surface area contributed by atoms with Crippen molar-refractivity contribution in [1.29, 1.82) is 0 Å². The molecule has 4 rings (SSSR count). The molecule has 0 aromatic carbocycles. The average molecular weight is 421 g/mol. The van der Waals surface area contributed by atoms with Gasteiger partial charge >= 0.3 is 5.69 Å². The molecule has 2 N–H and O–H groups in total. The Morgan fingerprint density at radius 1 is 1.28 bits per heavy atom. The van der Waals surface area contributed by atoms with Crippen molar-refractivity contribution in [2.24, 2.45) is 5.92 Å². The number of aliphatic hydroxyl groups excluding tert-OH is 1. The molecule has 0 amide bonds. The van der Waals surface area contributed by atoms with Crippen LogP contribution in [0.3, 0.4) is 0 Å². The van der Waals surface area contributed by atoms with E-state index in [0.717, 1.165) is 4.90 Å². The van der Waals surface area contributed by atoms with Gasteiger partial charge in [-0.25, -0.2) is 26.7 Å². The molecule has 0 bridgehead atoms.